The summed E-state index contributed by atoms with van der Waals surface area (Å²) in [7, 11) is 1.65. The van der Waals surface area contributed by atoms with Crippen molar-refractivity contribution in [3.8, 4) is 17.0 Å². The lowest BCUT2D eigenvalue weighted by Crippen LogP contribution is -2.47. The van der Waals surface area contributed by atoms with Crippen LogP contribution in [0, 0.1) is 0 Å². The Bertz CT molecular complexity index is 919. The van der Waals surface area contributed by atoms with Crippen LogP contribution in [0.1, 0.15) is 5.76 Å². The molecule has 1 fully saturated rings. The van der Waals surface area contributed by atoms with Crippen LogP contribution >= 0.6 is 0 Å². The third kappa shape index (κ3) is 3.08. The SMILES string of the molecule is COc1ccc2ccccc2c1-c1cc(CN2CCNC(=O)C2)on1. The van der Waals surface area contributed by atoms with Gasteiger partial charge in [0.1, 0.15) is 11.4 Å². The van der Waals surface area contributed by atoms with E-state index in [2.05, 4.69) is 22.6 Å². The van der Waals surface area contributed by atoms with Gasteiger partial charge in [0.05, 0.1) is 25.8 Å². The first-order valence-electron chi connectivity index (χ1n) is 8.25. The highest BCUT2D eigenvalue weighted by molar-refractivity contribution is 5.98. The summed E-state index contributed by atoms with van der Waals surface area (Å²) in [6.07, 6.45) is 0. The van der Waals surface area contributed by atoms with Crippen molar-refractivity contribution in [2.24, 2.45) is 0 Å². The molecule has 1 aromatic heterocycles. The average molecular weight is 337 g/mol. The highest BCUT2D eigenvalue weighted by Gasteiger charge is 2.20. The van der Waals surface area contributed by atoms with Gasteiger partial charge in [-0.2, -0.15) is 0 Å². The first-order valence-corrected chi connectivity index (χ1v) is 8.25. The van der Waals surface area contributed by atoms with Crippen LogP contribution in [0.4, 0.5) is 0 Å². The largest absolute Gasteiger partial charge is 0.496 e. The summed E-state index contributed by atoms with van der Waals surface area (Å²) in [5, 5.41) is 9.26. The van der Waals surface area contributed by atoms with Gasteiger partial charge < -0.3 is 14.6 Å². The van der Waals surface area contributed by atoms with Gasteiger partial charge in [-0.15, -0.1) is 0 Å². The number of ether oxygens (including phenoxy) is 1. The van der Waals surface area contributed by atoms with Gasteiger partial charge in [0.15, 0.2) is 5.76 Å². The fraction of sp³-hybridized carbons (Fsp3) is 0.263. The Labute approximate surface area is 145 Å². The summed E-state index contributed by atoms with van der Waals surface area (Å²) >= 11 is 0. The minimum atomic E-state index is 0.0433. The summed E-state index contributed by atoms with van der Waals surface area (Å²) < 4.78 is 11.1. The molecule has 2 heterocycles. The summed E-state index contributed by atoms with van der Waals surface area (Å²) in [5.74, 6) is 1.54. The van der Waals surface area contributed by atoms with Crippen molar-refractivity contribution in [2.45, 2.75) is 6.54 Å². The number of nitrogens with one attached hydrogen (secondary N) is 1. The third-order valence-corrected chi connectivity index (χ3v) is 4.42. The zero-order valence-corrected chi connectivity index (χ0v) is 14.0. The van der Waals surface area contributed by atoms with Gasteiger partial charge >= 0.3 is 0 Å². The van der Waals surface area contributed by atoms with Crippen molar-refractivity contribution < 1.29 is 14.1 Å². The number of methoxy groups -OCH3 is 1. The molecular weight excluding hydrogens is 318 g/mol. The summed E-state index contributed by atoms with van der Waals surface area (Å²) in [6, 6.07) is 14.0. The summed E-state index contributed by atoms with van der Waals surface area (Å²) in [6.45, 7) is 2.41. The van der Waals surface area contributed by atoms with Crippen LogP contribution in [0.5, 0.6) is 5.75 Å². The van der Waals surface area contributed by atoms with Crippen molar-refractivity contribution >= 4 is 16.7 Å². The first kappa shape index (κ1) is 15.7. The second-order valence-corrected chi connectivity index (χ2v) is 6.10. The molecular formula is C19H19N3O3. The molecule has 3 aromatic rings. The van der Waals surface area contributed by atoms with Crippen LogP contribution in [-0.4, -0.2) is 42.7 Å². The zero-order chi connectivity index (χ0) is 17.2. The van der Waals surface area contributed by atoms with Crippen LogP contribution in [0.25, 0.3) is 22.0 Å². The van der Waals surface area contributed by atoms with Crippen molar-refractivity contribution in [3.63, 3.8) is 0 Å². The fourth-order valence-corrected chi connectivity index (χ4v) is 3.24. The molecule has 1 saturated heterocycles. The summed E-state index contributed by atoms with van der Waals surface area (Å²) in [4.78, 5) is 13.5. The number of nitrogens with zero attached hydrogens (tertiary/aromatic N) is 2. The molecule has 1 aliphatic rings. The van der Waals surface area contributed by atoms with Gasteiger partial charge in [0, 0.05) is 19.2 Å². The standard InChI is InChI=1S/C19H19N3O3/c1-24-17-7-6-13-4-2-3-5-15(13)19(17)16-10-14(25-21-16)11-22-9-8-20-18(23)12-22/h2-7,10H,8-9,11-12H2,1H3,(H,20,23). The number of piperazine rings is 1. The fourth-order valence-electron chi connectivity index (χ4n) is 3.24. The number of fused-ring (bicyclic) bond motifs is 1. The average Bonchev–Trinajstić information content (AvgIpc) is 3.08. The number of aromatic nitrogens is 1. The molecule has 128 valence electrons. The van der Waals surface area contributed by atoms with Crippen molar-refractivity contribution in [1.29, 1.82) is 0 Å². The lowest BCUT2D eigenvalue weighted by Gasteiger charge is -2.24. The molecule has 1 aliphatic heterocycles. The predicted molar refractivity (Wildman–Crippen MR) is 94.3 cm³/mol. The highest BCUT2D eigenvalue weighted by atomic mass is 16.5. The van der Waals surface area contributed by atoms with Crippen LogP contribution in [-0.2, 0) is 11.3 Å². The van der Waals surface area contributed by atoms with Gasteiger partial charge in [-0.25, -0.2) is 0 Å². The van der Waals surface area contributed by atoms with E-state index in [0.717, 1.165) is 40.1 Å². The second-order valence-electron chi connectivity index (χ2n) is 6.10. The number of hydrogen-bond donors (Lipinski definition) is 1. The number of rotatable bonds is 4. The molecule has 0 saturated carbocycles. The smallest absolute Gasteiger partial charge is 0.234 e. The quantitative estimate of drug-likeness (QED) is 0.792. The number of benzene rings is 2. The Balaban J connectivity index is 1.68. The number of carbonyl (C=O) groups is 1. The van der Waals surface area contributed by atoms with Crippen molar-refractivity contribution in [3.05, 3.63) is 48.2 Å². The van der Waals surface area contributed by atoms with Crippen LogP contribution < -0.4 is 10.1 Å². The summed E-state index contributed by atoms with van der Waals surface area (Å²) in [5.41, 5.74) is 1.66. The minimum Gasteiger partial charge on any atom is -0.496 e. The maximum absolute atomic E-state index is 11.5. The predicted octanol–water partition coefficient (Wildman–Crippen LogP) is 2.44. The van der Waals surface area contributed by atoms with E-state index >= 15 is 0 Å². The van der Waals surface area contributed by atoms with E-state index in [1.807, 2.05) is 35.2 Å². The van der Waals surface area contributed by atoms with E-state index in [1.165, 1.54) is 0 Å². The molecule has 0 unspecified atom stereocenters. The second kappa shape index (κ2) is 6.57. The van der Waals surface area contributed by atoms with Gasteiger partial charge in [-0.3, -0.25) is 9.69 Å². The van der Waals surface area contributed by atoms with E-state index in [4.69, 9.17) is 9.26 Å². The molecule has 0 radical (unpaired) electrons. The highest BCUT2D eigenvalue weighted by Crippen LogP contribution is 2.36. The molecule has 2 aromatic carbocycles. The molecule has 4 rings (SSSR count). The third-order valence-electron chi connectivity index (χ3n) is 4.42. The minimum absolute atomic E-state index is 0.0433. The normalized spacial score (nSPS) is 15.3. The van der Waals surface area contributed by atoms with E-state index in [1.54, 1.807) is 7.11 Å². The maximum Gasteiger partial charge on any atom is 0.234 e. The van der Waals surface area contributed by atoms with Gasteiger partial charge in [-0.1, -0.05) is 35.5 Å². The van der Waals surface area contributed by atoms with Gasteiger partial charge in [0.25, 0.3) is 0 Å². The van der Waals surface area contributed by atoms with Gasteiger partial charge in [0.2, 0.25) is 5.91 Å². The monoisotopic (exact) mass is 337 g/mol. The molecule has 1 amide bonds. The Morgan fingerprint density at radius 1 is 1.28 bits per heavy atom. The van der Waals surface area contributed by atoms with Crippen molar-refractivity contribution in [1.82, 2.24) is 15.4 Å². The molecule has 0 bridgehead atoms. The first-order chi connectivity index (χ1) is 12.2. The number of carbonyl (C=O) groups excluding carboxylic acids is 1. The van der Waals surface area contributed by atoms with E-state index < -0.39 is 0 Å². The van der Waals surface area contributed by atoms with E-state index in [0.29, 0.717) is 19.6 Å². The Morgan fingerprint density at radius 2 is 2.16 bits per heavy atom. The Hall–Kier alpha value is -2.86. The van der Waals surface area contributed by atoms with Gasteiger partial charge in [-0.05, 0) is 16.8 Å². The lowest BCUT2D eigenvalue weighted by molar-refractivity contribution is -0.124. The molecule has 6 heteroatoms. The van der Waals surface area contributed by atoms with Crippen LogP contribution in [0.2, 0.25) is 0 Å². The lowest BCUT2D eigenvalue weighted by atomic mass is 10.0. The maximum atomic E-state index is 11.5. The van der Waals surface area contributed by atoms with E-state index in [9.17, 15) is 4.79 Å². The molecule has 0 spiro atoms. The molecule has 1 N–H and O–H groups in total. The number of amides is 1. The van der Waals surface area contributed by atoms with Crippen molar-refractivity contribution in [2.75, 3.05) is 26.7 Å². The zero-order valence-electron chi connectivity index (χ0n) is 14.0. The molecule has 25 heavy (non-hydrogen) atoms. The molecule has 0 aliphatic carbocycles. The molecule has 0 atom stereocenters. The molecule has 6 nitrogen and oxygen atoms in total. The Kier molecular flexibility index (Phi) is 4.11. The Morgan fingerprint density at radius 3 is 3.00 bits per heavy atom. The van der Waals surface area contributed by atoms with E-state index in [-0.39, 0.29) is 5.91 Å². The van der Waals surface area contributed by atoms with Crippen LogP contribution in [0.3, 0.4) is 0 Å². The number of hydrogen-bond acceptors (Lipinski definition) is 5. The van der Waals surface area contributed by atoms with Crippen LogP contribution in [0.15, 0.2) is 47.0 Å². The topological polar surface area (TPSA) is 67.6 Å².